The van der Waals surface area contributed by atoms with Crippen molar-refractivity contribution in [2.75, 3.05) is 33.8 Å². The van der Waals surface area contributed by atoms with Crippen molar-refractivity contribution >= 4 is 35.8 Å². The third-order valence-electron chi connectivity index (χ3n) is 3.76. The van der Waals surface area contributed by atoms with Gasteiger partial charge >= 0.3 is 0 Å². The van der Waals surface area contributed by atoms with Crippen molar-refractivity contribution < 1.29 is 13.9 Å². The Labute approximate surface area is 165 Å². The van der Waals surface area contributed by atoms with Gasteiger partial charge in [0.15, 0.2) is 5.96 Å². The number of nitrogens with one attached hydrogen (secondary N) is 2. The Morgan fingerprint density at radius 2 is 2.04 bits per heavy atom. The number of aliphatic imine (C=N–C) groups is 1. The summed E-state index contributed by atoms with van der Waals surface area (Å²) in [6, 6.07) is 6.21. The average Bonchev–Trinajstić information content (AvgIpc) is 3.08. The van der Waals surface area contributed by atoms with E-state index in [0.717, 1.165) is 25.0 Å². The minimum Gasteiger partial charge on any atom is -0.376 e. The summed E-state index contributed by atoms with van der Waals surface area (Å²) >= 11 is 0. The number of hydrogen-bond donors (Lipinski definition) is 2. The predicted molar refractivity (Wildman–Crippen MR) is 107 cm³/mol. The van der Waals surface area contributed by atoms with Gasteiger partial charge in [-0.1, -0.05) is 12.1 Å². The van der Waals surface area contributed by atoms with Crippen LogP contribution < -0.4 is 10.6 Å². The fourth-order valence-electron chi connectivity index (χ4n) is 2.27. The lowest BCUT2D eigenvalue weighted by molar-refractivity contribution is -0.127. The van der Waals surface area contributed by atoms with Crippen LogP contribution in [0.5, 0.6) is 0 Å². The van der Waals surface area contributed by atoms with Crippen molar-refractivity contribution in [3.8, 4) is 0 Å². The Kier molecular flexibility index (Phi) is 9.73. The van der Waals surface area contributed by atoms with Crippen LogP contribution in [-0.4, -0.2) is 56.7 Å². The summed E-state index contributed by atoms with van der Waals surface area (Å²) in [4.78, 5) is 17.7. The molecule has 1 fully saturated rings. The first kappa shape index (κ1) is 21.6. The molecule has 0 aliphatic carbocycles. The zero-order valence-electron chi connectivity index (χ0n) is 14.6. The molecule has 1 saturated heterocycles. The SMILES string of the molecule is CN(C)C(=O)CNC(=NCc1ccc(F)cc1)NCC1CCCO1.I. The molecule has 1 aliphatic rings. The largest absolute Gasteiger partial charge is 0.376 e. The number of likely N-dealkylation sites (N-methyl/N-ethyl adjacent to an activating group) is 1. The molecule has 2 rings (SSSR count). The molecule has 140 valence electrons. The molecule has 0 aromatic heterocycles. The second kappa shape index (κ2) is 11.2. The van der Waals surface area contributed by atoms with E-state index < -0.39 is 0 Å². The van der Waals surface area contributed by atoms with Gasteiger partial charge in [0, 0.05) is 27.2 Å². The number of guanidine groups is 1. The van der Waals surface area contributed by atoms with Crippen molar-refractivity contribution in [1.29, 1.82) is 0 Å². The van der Waals surface area contributed by atoms with Gasteiger partial charge in [0.2, 0.25) is 5.91 Å². The standard InChI is InChI=1S/C17H25FN4O2.HI/c1-22(2)16(23)12-21-17(20-11-15-4-3-9-24-15)19-10-13-5-7-14(18)8-6-13;/h5-8,15H,3-4,9-12H2,1-2H3,(H2,19,20,21);1H. The molecule has 1 aliphatic heterocycles. The number of halogens is 2. The molecule has 1 heterocycles. The number of nitrogens with zero attached hydrogens (tertiary/aromatic N) is 2. The lowest BCUT2D eigenvalue weighted by Gasteiger charge is -2.17. The van der Waals surface area contributed by atoms with Gasteiger partial charge in [0.25, 0.3) is 0 Å². The molecule has 1 aromatic carbocycles. The number of benzene rings is 1. The van der Waals surface area contributed by atoms with Crippen LogP contribution >= 0.6 is 24.0 Å². The number of carbonyl (C=O) groups excluding carboxylic acids is 1. The van der Waals surface area contributed by atoms with Crippen LogP contribution in [0.4, 0.5) is 4.39 Å². The van der Waals surface area contributed by atoms with Crippen molar-refractivity contribution in [1.82, 2.24) is 15.5 Å². The molecule has 6 nitrogen and oxygen atoms in total. The van der Waals surface area contributed by atoms with Crippen LogP contribution in [0.25, 0.3) is 0 Å². The fraction of sp³-hybridized carbons (Fsp3) is 0.529. The molecule has 1 unspecified atom stereocenters. The van der Waals surface area contributed by atoms with Crippen LogP contribution in [0.1, 0.15) is 18.4 Å². The molecule has 1 aromatic rings. The van der Waals surface area contributed by atoms with E-state index in [0.29, 0.717) is 19.0 Å². The molecule has 8 heteroatoms. The summed E-state index contributed by atoms with van der Waals surface area (Å²) in [7, 11) is 3.41. The van der Waals surface area contributed by atoms with Gasteiger partial charge in [-0.3, -0.25) is 4.79 Å². The van der Waals surface area contributed by atoms with Gasteiger partial charge in [-0.05, 0) is 30.5 Å². The number of rotatable bonds is 6. The first-order valence-corrected chi connectivity index (χ1v) is 8.13. The van der Waals surface area contributed by atoms with Crippen LogP contribution in [0, 0.1) is 5.82 Å². The summed E-state index contributed by atoms with van der Waals surface area (Å²) in [6.07, 6.45) is 2.27. The summed E-state index contributed by atoms with van der Waals surface area (Å²) in [5.74, 6) is 0.239. The van der Waals surface area contributed by atoms with E-state index in [4.69, 9.17) is 4.74 Å². The Balaban J connectivity index is 0.00000312. The Morgan fingerprint density at radius 3 is 2.64 bits per heavy atom. The van der Waals surface area contributed by atoms with Gasteiger partial charge in [-0.2, -0.15) is 0 Å². The average molecular weight is 464 g/mol. The zero-order chi connectivity index (χ0) is 17.4. The predicted octanol–water partition coefficient (Wildman–Crippen LogP) is 1.75. The van der Waals surface area contributed by atoms with Crippen molar-refractivity contribution in [2.45, 2.75) is 25.5 Å². The Morgan fingerprint density at radius 1 is 1.32 bits per heavy atom. The molecule has 2 N–H and O–H groups in total. The van der Waals surface area contributed by atoms with E-state index in [-0.39, 0.29) is 48.3 Å². The normalized spacial score (nSPS) is 16.9. The van der Waals surface area contributed by atoms with E-state index in [9.17, 15) is 9.18 Å². The highest BCUT2D eigenvalue weighted by Gasteiger charge is 2.16. The molecule has 0 spiro atoms. The maximum absolute atomic E-state index is 12.9. The maximum Gasteiger partial charge on any atom is 0.241 e. The topological polar surface area (TPSA) is 66.0 Å². The highest BCUT2D eigenvalue weighted by atomic mass is 127. The minimum atomic E-state index is -0.269. The van der Waals surface area contributed by atoms with E-state index in [1.54, 1.807) is 26.2 Å². The van der Waals surface area contributed by atoms with E-state index >= 15 is 0 Å². The minimum absolute atomic E-state index is 0. The van der Waals surface area contributed by atoms with Crippen LogP contribution in [0.15, 0.2) is 29.3 Å². The smallest absolute Gasteiger partial charge is 0.241 e. The molecule has 0 bridgehead atoms. The fourth-order valence-corrected chi connectivity index (χ4v) is 2.27. The summed E-state index contributed by atoms with van der Waals surface area (Å²) < 4.78 is 18.5. The lowest BCUT2D eigenvalue weighted by Crippen LogP contribution is -2.45. The van der Waals surface area contributed by atoms with E-state index in [1.807, 2.05) is 0 Å². The van der Waals surface area contributed by atoms with Crippen LogP contribution in [0.3, 0.4) is 0 Å². The molecular formula is C17H26FIN4O2. The third kappa shape index (κ3) is 8.00. The quantitative estimate of drug-likeness (QED) is 0.383. The van der Waals surface area contributed by atoms with Gasteiger partial charge < -0.3 is 20.3 Å². The second-order valence-electron chi connectivity index (χ2n) is 5.95. The van der Waals surface area contributed by atoms with E-state index in [2.05, 4.69) is 15.6 Å². The van der Waals surface area contributed by atoms with Gasteiger partial charge in [0.05, 0.1) is 19.2 Å². The number of hydrogen-bond acceptors (Lipinski definition) is 3. The Bertz CT molecular complexity index is 560. The van der Waals surface area contributed by atoms with E-state index in [1.165, 1.54) is 17.0 Å². The molecule has 1 atom stereocenters. The molecule has 0 saturated carbocycles. The summed E-state index contributed by atoms with van der Waals surface area (Å²) in [5.41, 5.74) is 0.897. The highest BCUT2D eigenvalue weighted by molar-refractivity contribution is 14.0. The van der Waals surface area contributed by atoms with Gasteiger partial charge in [0.1, 0.15) is 5.82 Å². The molecule has 25 heavy (non-hydrogen) atoms. The Hall–Kier alpha value is -1.42. The maximum atomic E-state index is 12.9. The first-order valence-electron chi connectivity index (χ1n) is 8.13. The summed E-state index contributed by atoms with van der Waals surface area (Å²) in [5, 5.41) is 6.23. The molecule has 1 amide bonds. The van der Waals surface area contributed by atoms with Crippen LogP contribution in [0.2, 0.25) is 0 Å². The van der Waals surface area contributed by atoms with Gasteiger partial charge in [-0.25, -0.2) is 9.38 Å². The van der Waals surface area contributed by atoms with Crippen molar-refractivity contribution in [3.63, 3.8) is 0 Å². The van der Waals surface area contributed by atoms with Gasteiger partial charge in [-0.15, -0.1) is 24.0 Å². The van der Waals surface area contributed by atoms with Crippen LogP contribution in [-0.2, 0) is 16.1 Å². The first-order chi connectivity index (χ1) is 11.5. The summed E-state index contributed by atoms with van der Waals surface area (Å²) in [6.45, 7) is 2.00. The zero-order valence-corrected chi connectivity index (χ0v) is 17.0. The highest BCUT2D eigenvalue weighted by Crippen LogP contribution is 2.10. The molecular weight excluding hydrogens is 438 g/mol. The van der Waals surface area contributed by atoms with Crippen molar-refractivity contribution in [2.24, 2.45) is 4.99 Å². The number of carbonyl (C=O) groups is 1. The van der Waals surface area contributed by atoms with Crippen molar-refractivity contribution in [3.05, 3.63) is 35.6 Å². The molecule has 0 radical (unpaired) electrons. The lowest BCUT2D eigenvalue weighted by atomic mass is 10.2. The monoisotopic (exact) mass is 464 g/mol. The number of amides is 1. The third-order valence-corrected chi connectivity index (χ3v) is 3.76. The second-order valence-corrected chi connectivity index (χ2v) is 5.95. The number of ether oxygens (including phenoxy) is 1.